The normalized spacial score (nSPS) is 14.8. The van der Waals surface area contributed by atoms with Gasteiger partial charge in [0.25, 0.3) is 0 Å². The molecule has 16 heavy (non-hydrogen) atoms. The molecule has 1 aliphatic carbocycles. The van der Waals surface area contributed by atoms with Crippen LogP contribution in [0.15, 0.2) is 25.3 Å². The van der Waals surface area contributed by atoms with E-state index in [4.69, 9.17) is 4.74 Å². The number of carbonyl (C=O) groups excluding carboxylic acids is 2. The summed E-state index contributed by atoms with van der Waals surface area (Å²) in [5, 5.41) is 0. The van der Waals surface area contributed by atoms with E-state index in [0.29, 0.717) is 6.54 Å². The Hall–Kier alpha value is -1.58. The van der Waals surface area contributed by atoms with Crippen LogP contribution in [0.2, 0.25) is 0 Å². The molecule has 88 valence electrons. The van der Waals surface area contributed by atoms with Crippen LogP contribution in [-0.4, -0.2) is 36.0 Å². The standard InChI is InChI=1S/C12H17NO3/c1-3-11(14)13(10-6-5-7-10)8-9-16-12(15)4-2/h3-4,10H,1-2,5-9H2. The Morgan fingerprint density at radius 1 is 1.31 bits per heavy atom. The maximum Gasteiger partial charge on any atom is 0.330 e. The fraction of sp³-hybridized carbons (Fsp3) is 0.500. The van der Waals surface area contributed by atoms with Crippen molar-refractivity contribution in [2.75, 3.05) is 13.2 Å². The third-order valence-electron chi connectivity index (χ3n) is 2.72. The molecule has 0 bridgehead atoms. The molecule has 0 atom stereocenters. The predicted octanol–water partition coefficient (Wildman–Crippen LogP) is 1.28. The van der Waals surface area contributed by atoms with Crippen molar-refractivity contribution >= 4 is 11.9 Å². The molecule has 1 fully saturated rings. The van der Waals surface area contributed by atoms with Crippen molar-refractivity contribution in [1.29, 1.82) is 0 Å². The average molecular weight is 223 g/mol. The SMILES string of the molecule is C=CC(=O)OCCN(C(=O)C=C)C1CCC1. The molecular formula is C12H17NO3. The lowest BCUT2D eigenvalue weighted by molar-refractivity contribution is -0.141. The third-order valence-corrected chi connectivity index (χ3v) is 2.72. The van der Waals surface area contributed by atoms with Gasteiger partial charge in [-0.15, -0.1) is 0 Å². The molecule has 1 rings (SSSR count). The van der Waals surface area contributed by atoms with E-state index in [1.807, 2.05) is 0 Å². The first kappa shape index (κ1) is 12.5. The van der Waals surface area contributed by atoms with Gasteiger partial charge in [-0.1, -0.05) is 13.2 Å². The molecule has 0 aromatic heterocycles. The molecule has 0 heterocycles. The highest BCUT2D eigenvalue weighted by atomic mass is 16.5. The summed E-state index contributed by atoms with van der Waals surface area (Å²) in [6.45, 7) is 7.40. The molecule has 4 heteroatoms. The Labute approximate surface area is 95.6 Å². The molecule has 0 unspecified atom stereocenters. The summed E-state index contributed by atoms with van der Waals surface area (Å²) in [6, 6.07) is 0.285. The highest BCUT2D eigenvalue weighted by Gasteiger charge is 2.27. The minimum atomic E-state index is -0.459. The van der Waals surface area contributed by atoms with Crippen LogP contribution in [0, 0.1) is 0 Å². The molecular weight excluding hydrogens is 206 g/mol. The van der Waals surface area contributed by atoms with Crippen LogP contribution in [0.4, 0.5) is 0 Å². The predicted molar refractivity (Wildman–Crippen MR) is 60.7 cm³/mol. The first-order chi connectivity index (χ1) is 7.69. The van der Waals surface area contributed by atoms with Gasteiger partial charge in [-0.25, -0.2) is 4.79 Å². The quantitative estimate of drug-likeness (QED) is 0.503. The lowest BCUT2D eigenvalue weighted by atomic mass is 9.91. The molecule has 1 saturated carbocycles. The van der Waals surface area contributed by atoms with Crippen LogP contribution < -0.4 is 0 Å². The summed E-state index contributed by atoms with van der Waals surface area (Å²) < 4.78 is 4.85. The highest BCUT2D eigenvalue weighted by molar-refractivity contribution is 5.87. The van der Waals surface area contributed by atoms with Crippen molar-refractivity contribution in [1.82, 2.24) is 4.90 Å². The molecule has 1 aliphatic rings. The topological polar surface area (TPSA) is 46.6 Å². The lowest BCUT2D eigenvalue weighted by Gasteiger charge is -2.36. The summed E-state index contributed by atoms with van der Waals surface area (Å²) >= 11 is 0. The van der Waals surface area contributed by atoms with Gasteiger partial charge in [0.1, 0.15) is 6.61 Å². The van der Waals surface area contributed by atoms with E-state index in [1.54, 1.807) is 4.90 Å². The van der Waals surface area contributed by atoms with Crippen LogP contribution in [0.3, 0.4) is 0 Å². The van der Waals surface area contributed by atoms with Crippen LogP contribution in [0.5, 0.6) is 0 Å². The minimum Gasteiger partial charge on any atom is -0.461 e. The second kappa shape index (κ2) is 6.10. The molecule has 0 radical (unpaired) electrons. The summed E-state index contributed by atoms with van der Waals surface area (Å²) in [5.74, 6) is -0.557. The van der Waals surface area contributed by atoms with Gasteiger partial charge < -0.3 is 9.64 Å². The zero-order valence-corrected chi connectivity index (χ0v) is 9.35. The first-order valence-electron chi connectivity index (χ1n) is 5.41. The first-order valence-corrected chi connectivity index (χ1v) is 5.41. The molecule has 0 aliphatic heterocycles. The number of carbonyl (C=O) groups is 2. The van der Waals surface area contributed by atoms with E-state index in [1.165, 1.54) is 6.08 Å². The number of amides is 1. The molecule has 4 nitrogen and oxygen atoms in total. The fourth-order valence-corrected chi connectivity index (χ4v) is 1.59. The molecule has 0 saturated heterocycles. The lowest BCUT2D eigenvalue weighted by Crippen LogP contribution is -2.45. The van der Waals surface area contributed by atoms with E-state index in [9.17, 15) is 9.59 Å². The second-order valence-electron chi connectivity index (χ2n) is 3.69. The van der Waals surface area contributed by atoms with Gasteiger partial charge in [-0.3, -0.25) is 4.79 Å². The summed E-state index contributed by atoms with van der Waals surface area (Å²) in [6.07, 6.45) is 5.61. The molecule has 0 aromatic carbocycles. The van der Waals surface area contributed by atoms with Crippen molar-refractivity contribution in [3.63, 3.8) is 0 Å². The zero-order chi connectivity index (χ0) is 12.0. The number of esters is 1. The smallest absolute Gasteiger partial charge is 0.330 e. The highest BCUT2D eigenvalue weighted by Crippen LogP contribution is 2.24. The Morgan fingerprint density at radius 3 is 2.44 bits per heavy atom. The van der Waals surface area contributed by atoms with Gasteiger partial charge in [0.15, 0.2) is 0 Å². The van der Waals surface area contributed by atoms with Gasteiger partial charge >= 0.3 is 5.97 Å². The number of hydrogen-bond acceptors (Lipinski definition) is 3. The van der Waals surface area contributed by atoms with Crippen molar-refractivity contribution in [3.8, 4) is 0 Å². The number of nitrogens with zero attached hydrogens (tertiary/aromatic N) is 1. The maximum absolute atomic E-state index is 11.5. The van der Waals surface area contributed by atoms with Gasteiger partial charge in [0.05, 0.1) is 6.54 Å². The van der Waals surface area contributed by atoms with E-state index >= 15 is 0 Å². The zero-order valence-electron chi connectivity index (χ0n) is 9.35. The van der Waals surface area contributed by atoms with Crippen LogP contribution >= 0.6 is 0 Å². The summed E-state index contributed by atoms with van der Waals surface area (Å²) in [7, 11) is 0. The van der Waals surface area contributed by atoms with Crippen LogP contribution in [0.1, 0.15) is 19.3 Å². The van der Waals surface area contributed by atoms with Crippen LogP contribution in [0.25, 0.3) is 0 Å². The van der Waals surface area contributed by atoms with Gasteiger partial charge in [0.2, 0.25) is 5.91 Å². The van der Waals surface area contributed by atoms with E-state index in [-0.39, 0.29) is 18.6 Å². The number of ether oxygens (including phenoxy) is 1. The Kier molecular flexibility index (Phi) is 4.76. The van der Waals surface area contributed by atoms with Crippen LogP contribution in [-0.2, 0) is 14.3 Å². The van der Waals surface area contributed by atoms with Gasteiger partial charge in [-0.05, 0) is 25.3 Å². The van der Waals surface area contributed by atoms with Gasteiger partial charge in [0, 0.05) is 12.1 Å². The van der Waals surface area contributed by atoms with Gasteiger partial charge in [-0.2, -0.15) is 0 Å². The van der Waals surface area contributed by atoms with Crippen molar-refractivity contribution < 1.29 is 14.3 Å². The molecule has 0 N–H and O–H groups in total. The molecule has 1 amide bonds. The van der Waals surface area contributed by atoms with E-state index in [0.717, 1.165) is 25.3 Å². The molecule has 0 spiro atoms. The van der Waals surface area contributed by atoms with Crippen molar-refractivity contribution in [2.45, 2.75) is 25.3 Å². The Balaban J connectivity index is 2.38. The van der Waals surface area contributed by atoms with Crippen molar-refractivity contribution in [2.24, 2.45) is 0 Å². The van der Waals surface area contributed by atoms with E-state index in [2.05, 4.69) is 13.2 Å². The Morgan fingerprint density at radius 2 is 2.00 bits per heavy atom. The van der Waals surface area contributed by atoms with Crippen molar-refractivity contribution in [3.05, 3.63) is 25.3 Å². The average Bonchev–Trinajstić information content (AvgIpc) is 2.23. The summed E-state index contributed by atoms with van der Waals surface area (Å²) in [5.41, 5.74) is 0. The fourth-order valence-electron chi connectivity index (χ4n) is 1.59. The third kappa shape index (κ3) is 3.22. The minimum absolute atomic E-state index is 0.0978. The second-order valence-corrected chi connectivity index (χ2v) is 3.69. The number of rotatable bonds is 6. The monoisotopic (exact) mass is 223 g/mol. The summed E-state index contributed by atoms with van der Waals surface area (Å²) in [4.78, 5) is 24.1. The number of hydrogen-bond donors (Lipinski definition) is 0. The Bertz CT molecular complexity index is 295. The molecule has 0 aromatic rings. The maximum atomic E-state index is 11.5. The largest absolute Gasteiger partial charge is 0.461 e. The van der Waals surface area contributed by atoms with E-state index < -0.39 is 5.97 Å².